The molecule has 0 radical (unpaired) electrons. The molecule has 1 heterocycles. The summed E-state index contributed by atoms with van der Waals surface area (Å²) in [5.41, 5.74) is 0.966. The molecule has 5 nitrogen and oxygen atoms in total. The first kappa shape index (κ1) is 18.6. The van der Waals surface area contributed by atoms with E-state index in [1.54, 1.807) is 7.11 Å². The van der Waals surface area contributed by atoms with Crippen LogP contribution in [0.1, 0.15) is 38.8 Å². The van der Waals surface area contributed by atoms with Crippen LogP contribution in [0.15, 0.2) is 18.2 Å². The standard InChI is InChI=1S/C19H29N3O2/c1-6-16-13-22(10-9-21(16)4)17(12-20)15-7-8-18(23-5)19(11-15)24-14(2)3/h7-8,11,14,16-17H,6,9-10,13H2,1-5H3. The molecule has 5 heteroatoms. The molecule has 0 amide bonds. The summed E-state index contributed by atoms with van der Waals surface area (Å²) in [7, 11) is 3.80. The molecular formula is C19H29N3O2. The van der Waals surface area contributed by atoms with Crippen LogP contribution in [0.4, 0.5) is 0 Å². The normalized spacial score (nSPS) is 20.6. The molecule has 1 saturated heterocycles. The number of ether oxygens (including phenoxy) is 2. The van der Waals surface area contributed by atoms with Gasteiger partial charge < -0.3 is 14.4 Å². The maximum Gasteiger partial charge on any atom is 0.161 e. The zero-order chi connectivity index (χ0) is 17.7. The Labute approximate surface area is 145 Å². The van der Waals surface area contributed by atoms with Crippen LogP contribution in [0.3, 0.4) is 0 Å². The molecule has 0 saturated carbocycles. The first-order valence-electron chi connectivity index (χ1n) is 8.68. The van der Waals surface area contributed by atoms with Crippen molar-refractivity contribution >= 4 is 0 Å². The number of likely N-dealkylation sites (N-methyl/N-ethyl adjacent to an activating group) is 1. The van der Waals surface area contributed by atoms with Crippen molar-refractivity contribution in [3.05, 3.63) is 23.8 Å². The molecule has 0 aromatic heterocycles. The van der Waals surface area contributed by atoms with E-state index in [0.29, 0.717) is 17.5 Å². The summed E-state index contributed by atoms with van der Waals surface area (Å²) in [6.45, 7) is 8.98. The molecule has 24 heavy (non-hydrogen) atoms. The zero-order valence-corrected chi connectivity index (χ0v) is 15.5. The van der Waals surface area contributed by atoms with Crippen LogP contribution in [-0.4, -0.2) is 55.7 Å². The Hall–Kier alpha value is -1.77. The van der Waals surface area contributed by atoms with E-state index in [-0.39, 0.29) is 12.1 Å². The second-order valence-electron chi connectivity index (χ2n) is 6.65. The van der Waals surface area contributed by atoms with Crippen LogP contribution in [-0.2, 0) is 0 Å². The SMILES string of the molecule is CCC1CN(C(C#N)c2ccc(OC)c(OC(C)C)c2)CCN1C. The largest absolute Gasteiger partial charge is 0.493 e. The van der Waals surface area contributed by atoms with E-state index in [2.05, 4.69) is 29.8 Å². The molecule has 1 aromatic carbocycles. The lowest BCUT2D eigenvalue weighted by Gasteiger charge is -2.41. The zero-order valence-electron chi connectivity index (χ0n) is 15.5. The van der Waals surface area contributed by atoms with Gasteiger partial charge in [-0.05, 0) is 45.0 Å². The Kier molecular flexibility index (Phi) is 6.47. The number of nitrogens with zero attached hydrogens (tertiary/aromatic N) is 3. The minimum Gasteiger partial charge on any atom is -0.493 e. The lowest BCUT2D eigenvalue weighted by atomic mass is 10.0. The van der Waals surface area contributed by atoms with Gasteiger partial charge in [0.1, 0.15) is 6.04 Å². The summed E-state index contributed by atoms with van der Waals surface area (Å²) in [4.78, 5) is 4.65. The van der Waals surface area contributed by atoms with Gasteiger partial charge in [0.15, 0.2) is 11.5 Å². The fourth-order valence-electron chi connectivity index (χ4n) is 3.22. The third-order valence-electron chi connectivity index (χ3n) is 4.63. The first-order valence-corrected chi connectivity index (χ1v) is 8.68. The Balaban J connectivity index is 2.25. The highest BCUT2D eigenvalue weighted by atomic mass is 16.5. The Morgan fingerprint density at radius 1 is 1.29 bits per heavy atom. The topological polar surface area (TPSA) is 48.7 Å². The molecule has 132 valence electrons. The van der Waals surface area contributed by atoms with Gasteiger partial charge in [0, 0.05) is 25.7 Å². The molecule has 2 rings (SSSR count). The average molecular weight is 331 g/mol. The highest BCUT2D eigenvalue weighted by Crippen LogP contribution is 2.33. The van der Waals surface area contributed by atoms with Gasteiger partial charge in [0.05, 0.1) is 19.3 Å². The number of nitriles is 1. The molecule has 1 aromatic rings. The summed E-state index contributed by atoms with van der Waals surface area (Å²) in [6, 6.07) is 8.53. The van der Waals surface area contributed by atoms with Gasteiger partial charge in [-0.1, -0.05) is 13.0 Å². The molecule has 0 bridgehead atoms. The maximum atomic E-state index is 9.78. The van der Waals surface area contributed by atoms with Crippen molar-refractivity contribution in [3.63, 3.8) is 0 Å². The van der Waals surface area contributed by atoms with E-state index in [1.807, 2.05) is 32.0 Å². The Bertz CT molecular complexity index is 582. The van der Waals surface area contributed by atoms with Gasteiger partial charge >= 0.3 is 0 Å². The van der Waals surface area contributed by atoms with E-state index in [9.17, 15) is 5.26 Å². The summed E-state index contributed by atoms with van der Waals surface area (Å²) in [5, 5.41) is 9.78. The van der Waals surface area contributed by atoms with Gasteiger partial charge in [-0.2, -0.15) is 5.26 Å². The van der Waals surface area contributed by atoms with Crippen molar-refractivity contribution in [1.29, 1.82) is 5.26 Å². The van der Waals surface area contributed by atoms with Crippen molar-refractivity contribution in [2.45, 2.75) is 45.4 Å². The molecular weight excluding hydrogens is 302 g/mol. The molecule has 1 aliphatic heterocycles. The minimum absolute atomic E-state index is 0.0581. The van der Waals surface area contributed by atoms with E-state index in [4.69, 9.17) is 9.47 Å². The van der Waals surface area contributed by atoms with Crippen LogP contribution in [0.25, 0.3) is 0 Å². The number of benzene rings is 1. The highest BCUT2D eigenvalue weighted by Gasteiger charge is 2.29. The van der Waals surface area contributed by atoms with Crippen LogP contribution in [0, 0.1) is 11.3 Å². The smallest absolute Gasteiger partial charge is 0.161 e. The minimum atomic E-state index is -0.256. The van der Waals surface area contributed by atoms with Crippen LogP contribution < -0.4 is 9.47 Å². The summed E-state index contributed by atoms with van der Waals surface area (Å²) in [5.74, 6) is 1.40. The predicted octanol–water partition coefficient (Wildman–Crippen LogP) is 3.07. The van der Waals surface area contributed by atoms with E-state index in [1.165, 1.54) is 0 Å². The number of methoxy groups -OCH3 is 1. The van der Waals surface area contributed by atoms with Gasteiger partial charge in [0.2, 0.25) is 0 Å². The van der Waals surface area contributed by atoms with Crippen LogP contribution in [0.2, 0.25) is 0 Å². The van der Waals surface area contributed by atoms with E-state index in [0.717, 1.165) is 31.6 Å². The molecule has 0 N–H and O–H groups in total. The van der Waals surface area contributed by atoms with Gasteiger partial charge in [-0.25, -0.2) is 0 Å². The van der Waals surface area contributed by atoms with Crippen molar-refractivity contribution in [2.75, 3.05) is 33.8 Å². The quantitative estimate of drug-likeness (QED) is 0.802. The fourth-order valence-corrected chi connectivity index (χ4v) is 3.22. The number of rotatable bonds is 6. The molecule has 0 spiro atoms. The van der Waals surface area contributed by atoms with Crippen LogP contribution in [0.5, 0.6) is 11.5 Å². The highest BCUT2D eigenvalue weighted by molar-refractivity contribution is 5.45. The second kappa shape index (κ2) is 8.36. The second-order valence-corrected chi connectivity index (χ2v) is 6.65. The lowest BCUT2D eigenvalue weighted by molar-refractivity contribution is 0.0772. The van der Waals surface area contributed by atoms with Crippen molar-refractivity contribution in [2.24, 2.45) is 0 Å². The monoisotopic (exact) mass is 331 g/mol. The third kappa shape index (κ3) is 4.19. The Morgan fingerprint density at radius 2 is 2.04 bits per heavy atom. The van der Waals surface area contributed by atoms with Gasteiger partial charge in [-0.3, -0.25) is 4.90 Å². The Morgan fingerprint density at radius 3 is 2.62 bits per heavy atom. The lowest BCUT2D eigenvalue weighted by Crippen LogP contribution is -2.51. The molecule has 1 aliphatic rings. The van der Waals surface area contributed by atoms with Crippen molar-refractivity contribution in [1.82, 2.24) is 9.80 Å². The fraction of sp³-hybridized carbons (Fsp3) is 0.632. The summed E-state index contributed by atoms with van der Waals surface area (Å²) < 4.78 is 11.2. The number of hydrogen-bond donors (Lipinski definition) is 0. The van der Waals surface area contributed by atoms with Crippen LogP contribution >= 0.6 is 0 Å². The number of hydrogen-bond acceptors (Lipinski definition) is 5. The predicted molar refractivity (Wildman–Crippen MR) is 95.4 cm³/mol. The molecule has 0 aliphatic carbocycles. The molecule has 1 fully saturated rings. The molecule has 2 unspecified atom stereocenters. The van der Waals surface area contributed by atoms with E-state index < -0.39 is 0 Å². The van der Waals surface area contributed by atoms with Crippen molar-refractivity contribution < 1.29 is 9.47 Å². The summed E-state index contributed by atoms with van der Waals surface area (Å²) >= 11 is 0. The third-order valence-corrected chi connectivity index (χ3v) is 4.63. The maximum absolute atomic E-state index is 9.78. The number of piperazine rings is 1. The summed E-state index contributed by atoms with van der Waals surface area (Å²) in [6.07, 6.45) is 1.15. The molecule has 2 atom stereocenters. The average Bonchev–Trinajstić information content (AvgIpc) is 2.56. The first-order chi connectivity index (χ1) is 11.5. The van der Waals surface area contributed by atoms with Gasteiger partial charge in [0.25, 0.3) is 0 Å². The van der Waals surface area contributed by atoms with Gasteiger partial charge in [-0.15, -0.1) is 0 Å². The van der Waals surface area contributed by atoms with E-state index >= 15 is 0 Å². The van der Waals surface area contributed by atoms with Crippen molar-refractivity contribution in [3.8, 4) is 17.6 Å².